The second-order valence-electron chi connectivity index (χ2n) is 4.52. The molecule has 3 aromatic rings. The van der Waals surface area contributed by atoms with E-state index in [9.17, 15) is 4.39 Å². The lowest BCUT2D eigenvalue weighted by Gasteiger charge is -2.05. The normalized spacial score (nSPS) is 11.3. The molecule has 0 amide bonds. The molecular weight excluding hydrogens is 406 g/mol. The number of thiophene rings is 1. The van der Waals surface area contributed by atoms with E-state index in [1.54, 1.807) is 23.5 Å². The van der Waals surface area contributed by atoms with Crippen molar-refractivity contribution in [3.05, 3.63) is 48.2 Å². The number of aryl methyl sites for hydroxylation is 1. The minimum Gasteiger partial charge on any atom is -0.331 e. The first-order valence-corrected chi connectivity index (χ1v) is 8.59. The van der Waals surface area contributed by atoms with E-state index in [1.165, 1.54) is 10.4 Å². The quantitative estimate of drug-likeness (QED) is 0.463. The number of fused-ring (bicyclic) bond motifs is 1. The van der Waals surface area contributed by atoms with Crippen LogP contribution in [0.5, 0.6) is 0 Å². The minimum atomic E-state index is -0.206. The van der Waals surface area contributed by atoms with Crippen LogP contribution in [0.15, 0.2) is 23.6 Å². The van der Waals surface area contributed by atoms with Crippen LogP contribution in [0.3, 0.4) is 0 Å². The SMILES string of the molecule is CCc1ccsc1Cn1c(=S)[nH]c2cc(I)c(F)cc21. The lowest BCUT2D eigenvalue weighted by molar-refractivity contribution is 0.621. The van der Waals surface area contributed by atoms with Crippen LogP contribution in [-0.2, 0) is 13.0 Å². The molecule has 20 heavy (non-hydrogen) atoms. The van der Waals surface area contributed by atoms with Crippen LogP contribution in [0.4, 0.5) is 4.39 Å². The number of aromatic nitrogens is 2. The zero-order valence-electron chi connectivity index (χ0n) is 10.7. The first kappa shape index (κ1) is 14.2. The number of halogens is 2. The first-order chi connectivity index (χ1) is 9.60. The van der Waals surface area contributed by atoms with Gasteiger partial charge in [0, 0.05) is 10.9 Å². The number of benzene rings is 1. The predicted octanol–water partition coefficient (Wildman–Crippen LogP) is 5.11. The summed E-state index contributed by atoms with van der Waals surface area (Å²) in [6.07, 6.45) is 1.00. The molecule has 0 saturated carbocycles. The van der Waals surface area contributed by atoms with Crippen LogP contribution in [0.1, 0.15) is 17.4 Å². The van der Waals surface area contributed by atoms with Crippen LogP contribution >= 0.6 is 46.1 Å². The highest BCUT2D eigenvalue weighted by molar-refractivity contribution is 14.1. The Balaban J connectivity index is 2.14. The zero-order chi connectivity index (χ0) is 14.3. The summed E-state index contributed by atoms with van der Waals surface area (Å²) < 4.78 is 17.0. The molecule has 0 aliphatic heterocycles. The van der Waals surface area contributed by atoms with Gasteiger partial charge in [-0.1, -0.05) is 6.92 Å². The Kier molecular flexibility index (Phi) is 3.96. The number of hydrogen-bond donors (Lipinski definition) is 1. The van der Waals surface area contributed by atoms with E-state index in [0.717, 1.165) is 17.5 Å². The van der Waals surface area contributed by atoms with Crippen molar-refractivity contribution in [2.24, 2.45) is 0 Å². The van der Waals surface area contributed by atoms with Gasteiger partial charge in [-0.15, -0.1) is 11.3 Å². The standard InChI is InChI=1S/C14H12FIN2S2/c1-2-8-3-4-20-13(8)7-18-12-5-9(15)10(16)6-11(12)17-14(18)19/h3-6H,2,7H2,1H3,(H,17,19). The molecule has 0 radical (unpaired) electrons. The molecule has 1 N–H and O–H groups in total. The van der Waals surface area contributed by atoms with Crippen molar-refractivity contribution < 1.29 is 4.39 Å². The van der Waals surface area contributed by atoms with Crippen molar-refractivity contribution in [2.75, 3.05) is 0 Å². The molecule has 0 aliphatic carbocycles. The summed E-state index contributed by atoms with van der Waals surface area (Å²) in [6.45, 7) is 2.84. The number of nitrogens with zero attached hydrogens (tertiary/aromatic N) is 1. The zero-order valence-corrected chi connectivity index (χ0v) is 14.5. The van der Waals surface area contributed by atoms with Crippen molar-refractivity contribution in [1.29, 1.82) is 0 Å². The number of hydrogen-bond acceptors (Lipinski definition) is 2. The Labute approximate surface area is 138 Å². The average molecular weight is 418 g/mol. The van der Waals surface area contributed by atoms with Gasteiger partial charge in [-0.3, -0.25) is 0 Å². The van der Waals surface area contributed by atoms with Gasteiger partial charge in [0.15, 0.2) is 4.77 Å². The van der Waals surface area contributed by atoms with Gasteiger partial charge >= 0.3 is 0 Å². The number of H-pyrrole nitrogens is 1. The van der Waals surface area contributed by atoms with Crippen molar-refractivity contribution in [2.45, 2.75) is 19.9 Å². The van der Waals surface area contributed by atoms with Gasteiger partial charge in [-0.05, 0) is 64.3 Å². The lowest BCUT2D eigenvalue weighted by atomic mass is 10.2. The Bertz CT molecular complexity index is 831. The summed E-state index contributed by atoms with van der Waals surface area (Å²) in [4.78, 5) is 4.44. The van der Waals surface area contributed by atoms with E-state index in [4.69, 9.17) is 12.2 Å². The first-order valence-electron chi connectivity index (χ1n) is 6.23. The highest BCUT2D eigenvalue weighted by atomic mass is 127. The second-order valence-corrected chi connectivity index (χ2v) is 7.07. The van der Waals surface area contributed by atoms with Gasteiger partial charge in [0.05, 0.1) is 21.1 Å². The predicted molar refractivity (Wildman–Crippen MR) is 92.6 cm³/mol. The molecule has 0 bridgehead atoms. The van der Waals surface area contributed by atoms with Crippen LogP contribution in [0.25, 0.3) is 11.0 Å². The third-order valence-electron chi connectivity index (χ3n) is 3.34. The molecule has 0 atom stereocenters. The van der Waals surface area contributed by atoms with E-state index in [-0.39, 0.29) is 5.82 Å². The van der Waals surface area contributed by atoms with Gasteiger partial charge in [0.2, 0.25) is 0 Å². The van der Waals surface area contributed by atoms with E-state index in [2.05, 4.69) is 23.4 Å². The summed E-state index contributed by atoms with van der Waals surface area (Å²) in [7, 11) is 0. The molecular formula is C14H12FIN2S2. The summed E-state index contributed by atoms with van der Waals surface area (Å²) >= 11 is 9.09. The summed E-state index contributed by atoms with van der Waals surface area (Å²) in [6, 6.07) is 5.50. The number of rotatable bonds is 3. The molecule has 0 spiro atoms. The molecule has 3 rings (SSSR count). The smallest absolute Gasteiger partial charge is 0.178 e. The van der Waals surface area contributed by atoms with Crippen molar-refractivity contribution in [3.63, 3.8) is 0 Å². The third kappa shape index (κ3) is 2.44. The maximum atomic E-state index is 13.8. The average Bonchev–Trinajstić information content (AvgIpc) is 2.97. The molecule has 0 saturated heterocycles. The highest BCUT2D eigenvalue weighted by Crippen LogP contribution is 2.24. The fraction of sp³-hybridized carbons (Fsp3) is 0.214. The molecule has 0 aliphatic rings. The van der Waals surface area contributed by atoms with Crippen LogP contribution in [0.2, 0.25) is 0 Å². The van der Waals surface area contributed by atoms with E-state index < -0.39 is 0 Å². The number of imidazole rings is 1. The van der Waals surface area contributed by atoms with E-state index in [1.807, 2.05) is 27.2 Å². The molecule has 2 aromatic heterocycles. The topological polar surface area (TPSA) is 20.7 Å². The molecule has 1 aromatic carbocycles. The largest absolute Gasteiger partial charge is 0.331 e. The molecule has 104 valence electrons. The second kappa shape index (κ2) is 5.57. The Hall–Kier alpha value is -0.730. The van der Waals surface area contributed by atoms with Crippen molar-refractivity contribution >= 4 is 57.2 Å². The molecule has 2 nitrogen and oxygen atoms in total. The Morgan fingerprint density at radius 2 is 2.25 bits per heavy atom. The minimum absolute atomic E-state index is 0.206. The lowest BCUT2D eigenvalue weighted by Crippen LogP contribution is -2.00. The summed E-state index contributed by atoms with van der Waals surface area (Å²) in [5.74, 6) is -0.206. The van der Waals surface area contributed by atoms with Gasteiger partial charge in [0.1, 0.15) is 5.82 Å². The Morgan fingerprint density at radius 3 is 3.00 bits per heavy atom. The van der Waals surface area contributed by atoms with Gasteiger partial charge in [-0.25, -0.2) is 4.39 Å². The van der Waals surface area contributed by atoms with Crippen molar-refractivity contribution in [3.8, 4) is 0 Å². The third-order valence-corrected chi connectivity index (χ3v) is 5.43. The van der Waals surface area contributed by atoms with Crippen LogP contribution in [-0.4, -0.2) is 9.55 Å². The highest BCUT2D eigenvalue weighted by Gasteiger charge is 2.11. The summed E-state index contributed by atoms with van der Waals surface area (Å²) in [5.41, 5.74) is 3.04. The molecule has 6 heteroatoms. The van der Waals surface area contributed by atoms with Crippen LogP contribution in [0, 0.1) is 14.2 Å². The monoisotopic (exact) mass is 418 g/mol. The number of nitrogens with one attached hydrogen (secondary N) is 1. The van der Waals surface area contributed by atoms with Gasteiger partial charge < -0.3 is 9.55 Å². The fourth-order valence-electron chi connectivity index (χ4n) is 2.27. The molecule has 2 heterocycles. The molecule has 0 fully saturated rings. The fourth-order valence-corrected chi connectivity index (χ4v) is 3.98. The maximum absolute atomic E-state index is 13.8. The maximum Gasteiger partial charge on any atom is 0.178 e. The number of aromatic amines is 1. The van der Waals surface area contributed by atoms with E-state index >= 15 is 0 Å². The molecule has 0 unspecified atom stereocenters. The Morgan fingerprint density at radius 1 is 1.45 bits per heavy atom. The van der Waals surface area contributed by atoms with E-state index in [0.29, 0.717) is 14.9 Å². The van der Waals surface area contributed by atoms with Crippen LogP contribution < -0.4 is 0 Å². The summed E-state index contributed by atoms with van der Waals surface area (Å²) in [5, 5.41) is 2.09. The van der Waals surface area contributed by atoms with Crippen molar-refractivity contribution in [1.82, 2.24) is 9.55 Å². The van der Waals surface area contributed by atoms with Gasteiger partial charge in [-0.2, -0.15) is 0 Å². The van der Waals surface area contributed by atoms with Gasteiger partial charge in [0.25, 0.3) is 0 Å².